The largest absolute Gasteiger partial charge is 0.393 e. The molecule has 0 unspecified atom stereocenters. The molecule has 1 N–H and O–H groups in total. The number of aliphatic hydroxyl groups is 1. The first-order chi connectivity index (χ1) is 13.5. The third kappa shape index (κ3) is 2.53. The van der Waals surface area contributed by atoms with Crippen molar-refractivity contribution in [3.05, 3.63) is 47.8 Å². The summed E-state index contributed by atoms with van der Waals surface area (Å²) in [6, 6.07) is 4.33. The molecule has 2 fully saturated rings. The molecule has 5 rings (SSSR count). The Morgan fingerprint density at radius 3 is 2.71 bits per heavy atom. The average Bonchev–Trinajstić information content (AvgIpc) is 3.06. The summed E-state index contributed by atoms with van der Waals surface area (Å²) in [6.07, 6.45) is 17.1. The van der Waals surface area contributed by atoms with Crippen LogP contribution in [0.1, 0.15) is 71.3 Å². The number of nitrogens with zero attached hydrogens (tertiary/aromatic N) is 1. The summed E-state index contributed by atoms with van der Waals surface area (Å²) >= 11 is 0. The molecule has 2 nitrogen and oxygen atoms in total. The number of pyridine rings is 1. The number of allylic oxidation sites excluding steroid dienone is 3. The van der Waals surface area contributed by atoms with Crippen LogP contribution in [0.25, 0.3) is 5.57 Å². The number of hydrogen-bond acceptors (Lipinski definition) is 2. The highest BCUT2D eigenvalue weighted by Gasteiger charge is 2.58. The standard InChI is InChI=1S/C26H35NO/c1-4-17-14-19-15-20(28)9-11-25(19,2)23-10-12-26(3)21(7-8-22(26)24(17)23)18-6-5-13-27-16-18/h5-7,13-14,16-17,20,22-24,28H,4,8-12,15H2,1-3H3/t17-,20-,22+,23+,24+,25+,26-/m1/s1. The summed E-state index contributed by atoms with van der Waals surface area (Å²) in [5, 5.41) is 10.3. The molecule has 0 aromatic carbocycles. The number of aliphatic hydroxyl groups excluding tert-OH is 1. The van der Waals surface area contributed by atoms with Crippen molar-refractivity contribution in [3.8, 4) is 0 Å². The summed E-state index contributed by atoms with van der Waals surface area (Å²) in [7, 11) is 0. The van der Waals surface area contributed by atoms with Gasteiger partial charge in [0.2, 0.25) is 0 Å². The number of aromatic nitrogens is 1. The predicted molar refractivity (Wildman–Crippen MR) is 114 cm³/mol. The minimum Gasteiger partial charge on any atom is -0.393 e. The summed E-state index contributed by atoms with van der Waals surface area (Å²) in [5.41, 5.74) is 5.07. The molecule has 0 amide bonds. The van der Waals surface area contributed by atoms with E-state index in [0.29, 0.717) is 11.3 Å². The van der Waals surface area contributed by atoms with Crippen LogP contribution >= 0.6 is 0 Å². The quantitative estimate of drug-likeness (QED) is 0.638. The molecule has 0 saturated heterocycles. The summed E-state index contributed by atoms with van der Waals surface area (Å²) < 4.78 is 0. The van der Waals surface area contributed by atoms with Crippen LogP contribution in [-0.4, -0.2) is 16.2 Å². The van der Waals surface area contributed by atoms with Gasteiger partial charge >= 0.3 is 0 Å². The zero-order valence-corrected chi connectivity index (χ0v) is 17.7. The van der Waals surface area contributed by atoms with E-state index in [1.54, 1.807) is 11.1 Å². The maximum atomic E-state index is 10.3. The lowest BCUT2D eigenvalue weighted by Crippen LogP contribution is -2.52. The highest BCUT2D eigenvalue weighted by atomic mass is 16.3. The Morgan fingerprint density at radius 2 is 1.96 bits per heavy atom. The van der Waals surface area contributed by atoms with Gasteiger partial charge in [-0.3, -0.25) is 4.98 Å². The van der Waals surface area contributed by atoms with Gasteiger partial charge in [0.05, 0.1) is 6.10 Å². The Hall–Kier alpha value is -1.41. The number of hydrogen-bond donors (Lipinski definition) is 1. The predicted octanol–water partition coefficient (Wildman–Crippen LogP) is 6.03. The minimum atomic E-state index is -0.118. The second-order valence-electron chi connectivity index (χ2n) is 10.4. The van der Waals surface area contributed by atoms with Gasteiger partial charge in [-0.2, -0.15) is 0 Å². The normalized spacial score (nSPS) is 44.8. The third-order valence-electron chi connectivity index (χ3n) is 9.27. The van der Waals surface area contributed by atoms with Crippen LogP contribution in [0, 0.1) is 34.5 Å². The molecule has 150 valence electrons. The molecule has 1 heterocycles. The smallest absolute Gasteiger partial charge is 0.0577 e. The second kappa shape index (κ2) is 6.55. The zero-order valence-electron chi connectivity index (χ0n) is 17.7. The molecule has 2 saturated carbocycles. The van der Waals surface area contributed by atoms with Crippen molar-refractivity contribution < 1.29 is 5.11 Å². The first-order valence-corrected chi connectivity index (χ1v) is 11.5. The highest BCUT2D eigenvalue weighted by molar-refractivity contribution is 5.72. The fourth-order valence-electron chi connectivity index (χ4n) is 7.74. The van der Waals surface area contributed by atoms with E-state index < -0.39 is 0 Å². The van der Waals surface area contributed by atoms with Crippen molar-refractivity contribution in [2.75, 3.05) is 0 Å². The number of fused-ring (bicyclic) bond motifs is 5. The lowest BCUT2D eigenvalue weighted by molar-refractivity contribution is -0.0464. The lowest BCUT2D eigenvalue weighted by Gasteiger charge is -2.60. The SMILES string of the molecule is CC[C@@H]1C=C2C[C@H](O)CC[C@]2(C)[C@H]2CC[C@]3(C)C(c4cccnc4)=CC[C@H]3[C@H]12. The van der Waals surface area contributed by atoms with Crippen LogP contribution in [0.3, 0.4) is 0 Å². The maximum Gasteiger partial charge on any atom is 0.0577 e. The van der Waals surface area contributed by atoms with Crippen molar-refractivity contribution in [2.24, 2.45) is 34.5 Å². The van der Waals surface area contributed by atoms with Crippen molar-refractivity contribution in [1.82, 2.24) is 4.98 Å². The van der Waals surface area contributed by atoms with Gasteiger partial charge in [-0.05, 0) is 96.7 Å². The van der Waals surface area contributed by atoms with Gasteiger partial charge in [0.15, 0.2) is 0 Å². The molecule has 4 aliphatic rings. The Labute approximate surface area is 170 Å². The van der Waals surface area contributed by atoms with Crippen LogP contribution in [0.2, 0.25) is 0 Å². The highest BCUT2D eigenvalue weighted by Crippen LogP contribution is 2.67. The van der Waals surface area contributed by atoms with Crippen LogP contribution in [0.15, 0.2) is 42.3 Å². The Balaban J connectivity index is 1.53. The van der Waals surface area contributed by atoms with E-state index >= 15 is 0 Å². The molecule has 0 radical (unpaired) electrons. The molecular weight excluding hydrogens is 342 g/mol. The van der Waals surface area contributed by atoms with Gasteiger partial charge in [0.25, 0.3) is 0 Å². The van der Waals surface area contributed by atoms with Gasteiger partial charge in [-0.15, -0.1) is 0 Å². The van der Waals surface area contributed by atoms with Gasteiger partial charge in [-0.25, -0.2) is 0 Å². The van der Waals surface area contributed by atoms with Crippen LogP contribution in [0.4, 0.5) is 0 Å². The molecule has 28 heavy (non-hydrogen) atoms. The first kappa shape index (κ1) is 18.6. The average molecular weight is 378 g/mol. The molecule has 0 spiro atoms. The van der Waals surface area contributed by atoms with Crippen molar-refractivity contribution in [2.45, 2.75) is 71.8 Å². The minimum absolute atomic E-state index is 0.118. The van der Waals surface area contributed by atoms with Gasteiger partial charge in [0.1, 0.15) is 0 Å². The van der Waals surface area contributed by atoms with Crippen molar-refractivity contribution in [1.29, 1.82) is 0 Å². The van der Waals surface area contributed by atoms with E-state index in [2.05, 4.69) is 56.2 Å². The first-order valence-electron chi connectivity index (χ1n) is 11.5. The molecule has 7 atom stereocenters. The fraction of sp³-hybridized carbons (Fsp3) is 0.654. The van der Waals surface area contributed by atoms with E-state index in [0.717, 1.165) is 30.6 Å². The zero-order chi connectivity index (χ0) is 19.5. The maximum absolute atomic E-state index is 10.3. The van der Waals surface area contributed by atoms with E-state index in [-0.39, 0.29) is 11.5 Å². The monoisotopic (exact) mass is 377 g/mol. The van der Waals surface area contributed by atoms with Gasteiger partial charge < -0.3 is 5.11 Å². The molecule has 4 aliphatic carbocycles. The Morgan fingerprint density at radius 1 is 1.14 bits per heavy atom. The molecular formula is C26H35NO. The summed E-state index contributed by atoms with van der Waals surface area (Å²) in [4.78, 5) is 4.41. The summed E-state index contributed by atoms with van der Waals surface area (Å²) in [6.45, 7) is 7.44. The van der Waals surface area contributed by atoms with Gasteiger partial charge in [0, 0.05) is 12.4 Å². The molecule has 2 heteroatoms. The Bertz CT molecular complexity index is 811. The summed E-state index contributed by atoms with van der Waals surface area (Å²) in [5.74, 6) is 2.97. The third-order valence-corrected chi connectivity index (χ3v) is 9.27. The van der Waals surface area contributed by atoms with Crippen molar-refractivity contribution >= 4 is 5.57 Å². The number of rotatable bonds is 2. The van der Waals surface area contributed by atoms with Crippen LogP contribution in [0.5, 0.6) is 0 Å². The lowest BCUT2D eigenvalue weighted by atomic mass is 9.45. The van der Waals surface area contributed by atoms with Crippen LogP contribution in [-0.2, 0) is 0 Å². The van der Waals surface area contributed by atoms with Crippen LogP contribution < -0.4 is 0 Å². The molecule has 1 aromatic rings. The molecule has 1 aromatic heterocycles. The van der Waals surface area contributed by atoms with E-state index in [1.165, 1.54) is 37.7 Å². The second-order valence-corrected chi connectivity index (χ2v) is 10.4. The molecule has 0 bridgehead atoms. The van der Waals surface area contributed by atoms with E-state index in [1.807, 2.05) is 6.20 Å². The van der Waals surface area contributed by atoms with Gasteiger partial charge in [-0.1, -0.05) is 44.6 Å². The topological polar surface area (TPSA) is 33.1 Å². The fourth-order valence-corrected chi connectivity index (χ4v) is 7.74. The Kier molecular flexibility index (Phi) is 4.36. The van der Waals surface area contributed by atoms with E-state index in [9.17, 15) is 5.11 Å². The van der Waals surface area contributed by atoms with E-state index in [4.69, 9.17) is 0 Å². The molecule has 0 aliphatic heterocycles. The van der Waals surface area contributed by atoms with Crippen molar-refractivity contribution in [3.63, 3.8) is 0 Å².